The average Bonchev–Trinajstić information content (AvgIpc) is 3.11. The Labute approximate surface area is 166 Å². The summed E-state index contributed by atoms with van der Waals surface area (Å²) in [5, 5.41) is 0. The molecule has 2 aliphatic rings. The van der Waals surface area contributed by atoms with Gasteiger partial charge in [0.25, 0.3) is 0 Å². The molecule has 3 rings (SSSR count). The number of hydrogen-bond donors (Lipinski definition) is 3. The van der Waals surface area contributed by atoms with Crippen LogP contribution in [0.3, 0.4) is 0 Å². The summed E-state index contributed by atoms with van der Waals surface area (Å²) >= 11 is 0. The second kappa shape index (κ2) is 8.65. The summed E-state index contributed by atoms with van der Waals surface area (Å²) in [6.45, 7) is 4.01. The van der Waals surface area contributed by atoms with Crippen molar-refractivity contribution in [3.8, 4) is 0 Å². The van der Waals surface area contributed by atoms with E-state index in [9.17, 15) is 0 Å². The second-order valence-corrected chi connectivity index (χ2v) is 6.84. The van der Waals surface area contributed by atoms with Gasteiger partial charge in [-0.15, -0.1) is 0 Å². The molecule has 1 atom stereocenters. The van der Waals surface area contributed by atoms with Crippen molar-refractivity contribution in [3.05, 3.63) is 77.3 Å². The fraction of sp³-hybridized carbons (Fsp3) is 0.261. The number of nitrogens with two attached hydrogens (primary N) is 2. The van der Waals surface area contributed by atoms with Crippen LogP contribution in [0.2, 0.25) is 0 Å². The Morgan fingerprint density at radius 3 is 2.86 bits per heavy atom. The number of amidine groups is 1. The number of anilines is 1. The van der Waals surface area contributed by atoms with Gasteiger partial charge < -0.3 is 21.2 Å². The summed E-state index contributed by atoms with van der Waals surface area (Å²) in [6.07, 6.45) is 19.1. The Morgan fingerprint density at radius 1 is 1.36 bits per heavy atom. The number of nitrogens with one attached hydrogen (secondary N) is 1. The first-order valence-electron chi connectivity index (χ1n) is 9.45. The molecular formula is C23H28N4O. The van der Waals surface area contributed by atoms with Gasteiger partial charge in [-0.3, -0.25) is 4.99 Å². The molecule has 0 spiro atoms. The van der Waals surface area contributed by atoms with Crippen LogP contribution in [0.15, 0.2) is 71.1 Å². The number of ether oxygens (including phenoxy) is 1. The number of aromatic amines is 1. The van der Waals surface area contributed by atoms with Crippen molar-refractivity contribution in [1.82, 2.24) is 4.98 Å². The van der Waals surface area contributed by atoms with Crippen LogP contribution in [0.25, 0.3) is 11.6 Å². The van der Waals surface area contributed by atoms with Crippen molar-refractivity contribution in [3.63, 3.8) is 0 Å². The molecule has 1 aromatic rings. The van der Waals surface area contributed by atoms with E-state index >= 15 is 0 Å². The van der Waals surface area contributed by atoms with Crippen LogP contribution in [0.1, 0.15) is 30.4 Å². The summed E-state index contributed by atoms with van der Waals surface area (Å²) < 4.78 is 5.57. The van der Waals surface area contributed by atoms with E-state index in [-0.39, 0.29) is 5.92 Å². The van der Waals surface area contributed by atoms with E-state index < -0.39 is 0 Å². The van der Waals surface area contributed by atoms with Crippen LogP contribution in [0, 0.1) is 5.92 Å². The topological polar surface area (TPSA) is 89.4 Å². The minimum absolute atomic E-state index is 0.0977. The number of aromatic nitrogens is 1. The maximum Gasteiger partial charge on any atom is 0.122 e. The zero-order chi connectivity index (χ0) is 20.1. The number of H-pyrrole nitrogens is 1. The van der Waals surface area contributed by atoms with E-state index in [0.717, 1.165) is 52.9 Å². The van der Waals surface area contributed by atoms with Gasteiger partial charge in [-0.2, -0.15) is 0 Å². The molecule has 5 heteroatoms. The van der Waals surface area contributed by atoms with Gasteiger partial charge in [0, 0.05) is 35.9 Å². The minimum atomic E-state index is 0.0977. The number of nitrogen functional groups attached to an aromatic ring is 1. The van der Waals surface area contributed by atoms with Gasteiger partial charge in [0.05, 0.1) is 7.11 Å². The second-order valence-electron chi connectivity index (χ2n) is 6.84. The molecule has 1 unspecified atom stereocenters. The Kier molecular flexibility index (Phi) is 6.04. The van der Waals surface area contributed by atoms with Crippen molar-refractivity contribution in [2.45, 2.75) is 19.3 Å². The Hall–Kier alpha value is -3.21. The zero-order valence-electron chi connectivity index (χ0n) is 16.5. The minimum Gasteiger partial charge on any atom is -0.496 e. The molecule has 0 radical (unpaired) electrons. The molecule has 0 aromatic carbocycles. The standard InChI is InChI=1S/C23H28N4O/c1-4-15(16-8-7-9-17(12-16)22(24)26-2)13-19-20(14-27-23(19)25)18-10-5-6-11-21(18)28-3/h4,7-11,13-14,17,27H,1,5-6,12,25H2,2-3H3,(H2,24,26)/b15-13+. The van der Waals surface area contributed by atoms with E-state index in [1.165, 1.54) is 0 Å². The lowest BCUT2D eigenvalue weighted by Gasteiger charge is -2.19. The fourth-order valence-electron chi connectivity index (χ4n) is 3.62. The van der Waals surface area contributed by atoms with Crippen molar-refractivity contribution in [1.29, 1.82) is 0 Å². The van der Waals surface area contributed by atoms with Crippen LogP contribution < -0.4 is 11.5 Å². The third kappa shape index (κ3) is 3.88. The highest BCUT2D eigenvalue weighted by Gasteiger charge is 2.20. The largest absolute Gasteiger partial charge is 0.496 e. The third-order valence-electron chi connectivity index (χ3n) is 5.18. The fourth-order valence-corrected chi connectivity index (χ4v) is 3.62. The first-order chi connectivity index (χ1) is 13.6. The lowest BCUT2D eigenvalue weighted by Crippen LogP contribution is -2.23. The van der Waals surface area contributed by atoms with Crippen LogP contribution in [0.4, 0.5) is 5.82 Å². The lowest BCUT2D eigenvalue weighted by atomic mass is 9.87. The molecule has 146 valence electrons. The molecule has 2 aliphatic carbocycles. The quantitative estimate of drug-likeness (QED) is 0.391. The van der Waals surface area contributed by atoms with Crippen LogP contribution in [-0.4, -0.2) is 25.0 Å². The first kappa shape index (κ1) is 19.5. The van der Waals surface area contributed by atoms with Gasteiger partial charge in [0.1, 0.15) is 17.4 Å². The molecule has 0 saturated carbocycles. The summed E-state index contributed by atoms with van der Waals surface area (Å²) in [6, 6.07) is 0. The highest BCUT2D eigenvalue weighted by molar-refractivity contribution is 5.88. The number of methoxy groups -OCH3 is 1. The van der Waals surface area contributed by atoms with Gasteiger partial charge >= 0.3 is 0 Å². The maximum atomic E-state index is 6.27. The Morgan fingerprint density at radius 2 is 2.14 bits per heavy atom. The smallest absolute Gasteiger partial charge is 0.122 e. The van der Waals surface area contributed by atoms with Crippen LogP contribution in [0.5, 0.6) is 0 Å². The van der Waals surface area contributed by atoms with Crippen LogP contribution >= 0.6 is 0 Å². The molecule has 5 nitrogen and oxygen atoms in total. The summed E-state index contributed by atoms with van der Waals surface area (Å²) in [7, 11) is 3.42. The molecule has 1 aromatic heterocycles. The summed E-state index contributed by atoms with van der Waals surface area (Å²) in [4.78, 5) is 7.28. The third-order valence-corrected chi connectivity index (χ3v) is 5.18. The predicted octanol–water partition coefficient (Wildman–Crippen LogP) is 4.36. The van der Waals surface area contributed by atoms with Gasteiger partial charge in [-0.05, 0) is 42.6 Å². The van der Waals surface area contributed by atoms with Crippen LogP contribution in [-0.2, 0) is 4.74 Å². The monoisotopic (exact) mass is 376 g/mol. The highest BCUT2D eigenvalue weighted by Crippen LogP contribution is 2.35. The molecule has 0 amide bonds. The molecule has 0 fully saturated rings. The van der Waals surface area contributed by atoms with Crippen molar-refractivity contribution in [2.24, 2.45) is 16.6 Å². The molecule has 28 heavy (non-hydrogen) atoms. The number of nitrogens with zero attached hydrogens (tertiary/aromatic N) is 1. The van der Waals surface area contributed by atoms with Crippen molar-refractivity contribution >= 4 is 23.3 Å². The van der Waals surface area contributed by atoms with Gasteiger partial charge in [-0.1, -0.05) is 37.0 Å². The predicted molar refractivity (Wildman–Crippen MR) is 119 cm³/mol. The van der Waals surface area contributed by atoms with Crippen molar-refractivity contribution in [2.75, 3.05) is 19.9 Å². The van der Waals surface area contributed by atoms with Gasteiger partial charge in [0.2, 0.25) is 0 Å². The first-order valence-corrected chi connectivity index (χ1v) is 9.45. The number of rotatable bonds is 6. The lowest BCUT2D eigenvalue weighted by molar-refractivity contribution is 0.308. The average molecular weight is 377 g/mol. The molecule has 0 saturated heterocycles. The maximum absolute atomic E-state index is 6.27. The molecule has 5 N–H and O–H groups in total. The number of aliphatic imine (C=N–C) groups is 1. The Bertz CT molecular complexity index is 938. The van der Waals surface area contributed by atoms with Gasteiger partial charge in [-0.25, -0.2) is 0 Å². The van der Waals surface area contributed by atoms with Gasteiger partial charge in [0.15, 0.2) is 0 Å². The van der Waals surface area contributed by atoms with E-state index in [1.54, 1.807) is 14.2 Å². The molecule has 0 aliphatic heterocycles. The van der Waals surface area contributed by atoms with E-state index in [4.69, 9.17) is 16.2 Å². The Balaban J connectivity index is 1.99. The summed E-state index contributed by atoms with van der Waals surface area (Å²) in [5.74, 6) is 2.23. The molecule has 0 bridgehead atoms. The van der Waals surface area contributed by atoms with E-state index in [2.05, 4.69) is 46.9 Å². The molecular weight excluding hydrogens is 348 g/mol. The zero-order valence-corrected chi connectivity index (χ0v) is 16.5. The van der Waals surface area contributed by atoms with E-state index in [1.807, 2.05) is 18.3 Å². The van der Waals surface area contributed by atoms with E-state index in [0.29, 0.717) is 11.7 Å². The van der Waals surface area contributed by atoms with Crippen molar-refractivity contribution < 1.29 is 4.74 Å². The summed E-state index contributed by atoms with van der Waals surface area (Å²) in [5.41, 5.74) is 17.5. The SMILES string of the molecule is C=C/C(=C\c1c(C2=CCCC=C2OC)c[nH]c1N)C1=CC=CC(C(N)=NC)C1. The number of allylic oxidation sites excluding steroid dienone is 8. The molecule has 1 heterocycles. The number of hydrogen-bond acceptors (Lipinski definition) is 3. The normalized spacial score (nSPS) is 20.4. The highest BCUT2D eigenvalue weighted by atomic mass is 16.5.